The van der Waals surface area contributed by atoms with Gasteiger partial charge in [0.05, 0.1) is 25.1 Å². The molecule has 0 bridgehead atoms. The molecule has 0 radical (unpaired) electrons. The van der Waals surface area contributed by atoms with E-state index in [-0.39, 0.29) is 5.41 Å². The number of hydrogen-bond acceptors (Lipinski definition) is 3. The Bertz CT molecular complexity index is 694. The second-order valence-electron chi connectivity index (χ2n) is 10.2. The second kappa shape index (κ2) is 5.38. The minimum Gasteiger partial charge on any atom is -0.501 e. The van der Waals surface area contributed by atoms with Crippen molar-refractivity contribution in [3.05, 3.63) is 23.0 Å². The zero-order chi connectivity index (χ0) is 18.3. The van der Waals surface area contributed by atoms with Crippen LogP contribution in [0.3, 0.4) is 0 Å². The van der Waals surface area contributed by atoms with Crippen molar-refractivity contribution in [1.82, 2.24) is 0 Å². The molecular weight excluding hydrogens is 324 g/mol. The maximum absolute atomic E-state index is 11.6. The van der Waals surface area contributed by atoms with Crippen molar-refractivity contribution in [3.8, 4) is 0 Å². The monoisotopic (exact) mass is 358 g/mol. The fourth-order valence-corrected chi connectivity index (χ4v) is 8.37. The average molecular weight is 359 g/mol. The van der Waals surface area contributed by atoms with Crippen LogP contribution in [0.15, 0.2) is 23.0 Å². The number of allylic oxidation sites excluding steroid dienone is 3. The van der Waals surface area contributed by atoms with Gasteiger partial charge in [0.15, 0.2) is 0 Å². The first kappa shape index (κ1) is 17.3. The molecule has 7 atom stereocenters. The number of methoxy groups -OCH3 is 2. The van der Waals surface area contributed by atoms with Crippen LogP contribution in [0.1, 0.15) is 58.8 Å². The summed E-state index contributed by atoms with van der Waals surface area (Å²) in [6.45, 7) is 5.38. The van der Waals surface area contributed by atoms with Gasteiger partial charge in [0.25, 0.3) is 0 Å². The lowest BCUT2D eigenvalue weighted by Gasteiger charge is -2.58. The lowest BCUT2D eigenvalue weighted by Crippen LogP contribution is -2.57. The molecular formula is C23H34O3. The number of rotatable bonds is 3. The first-order valence-electron chi connectivity index (χ1n) is 10.6. The van der Waals surface area contributed by atoms with Gasteiger partial charge in [-0.2, -0.15) is 0 Å². The summed E-state index contributed by atoms with van der Waals surface area (Å²) < 4.78 is 11.1. The van der Waals surface area contributed by atoms with Crippen molar-refractivity contribution >= 4 is 0 Å². The van der Waals surface area contributed by atoms with E-state index in [4.69, 9.17) is 9.47 Å². The number of aliphatic hydroxyl groups is 1. The molecule has 0 aliphatic heterocycles. The topological polar surface area (TPSA) is 38.7 Å². The van der Waals surface area contributed by atoms with Gasteiger partial charge in [0.2, 0.25) is 0 Å². The van der Waals surface area contributed by atoms with Crippen LogP contribution in [0, 0.1) is 34.5 Å². The zero-order valence-electron chi connectivity index (χ0n) is 16.8. The molecule has 144 valence electrons. The van der Waals surface area contributed by atoms with E-state index in [9.17, 15) is 5.11 Å². The Morgan fingerprint density at radius 3 is 2.81 bits per heavy atom. The van der Waals surface area contributed by atoms with Gasteiger partial charge >= 0.3 is 0 Å². The van der Waals surface area contributed by atoms with Crippen LogP contribution >= 0.6 is 0 Å². The van der Waals surface area contributed by atoms with Gasteiger partial charge in [0.1, 0.15) is 0 Å². The van der Waals surface area contributed by atoms with Crippen LogP contribution in [0.4, 0.5) is 0 Å². The van der Waals surface area contributed by atoms with Crippen LogP contribution in [0.25, 0.3) is 0 Å². The normalized spacial score (nSPS) is 51.8. The van der Waals surface area contributed by atoms with E-state index in [0.717, 1.165) is 43.3 Å². The minimum atomic E-state index is -0.625. The molecule has 0 aromatic carbocycles. The molecule has 5 rings (SSSR count). The highest BCUT2D eigenvalue weighted by Gasteiger charge is 2.81. The molecule has 3 heteroatoms. The quantitative estimate of drug-likeness (QED) is 0.757. The molecule has 26 heavy (non-hydrogen) atoms. The maximum Gasteiger partial charge on any atom is 0.0959 e. The Morgan fingerprint density at radius 1 is 1.27 bits per heavy atom. The van der Waals surface area contributed by atoms with Crippen molar-refractivity contribution < 1.29 is 14.6 Å². The van der Waals surface area contributed by atoms with E-state index in [0.29, 0.717) is 23.9 Å². The minimum absolute atomic E-state index is 0.0242. The summed E-state index contributed by atoms with van der Waals surface area (Å²) in [5.74, 6) is 4.05. The number of hydrogen-bond donors (Lipinski definition) is 1. The molecule has 1 spiro atoms. The van der Waals surface area contributed by atoms with E-state index in [1.54, 1.807) is 25.4 Å². The SMILES string of the molecule is COC[C@]1(O)C[C@@H]2C[C@]23[C@@H]2[C@H](C)CC4=C(CC=C(OC)C4)[C@H]2CC[C@]13C. The summed E-state index contributed by atoms with van der Waals surface area (Å²) in [7, 11) is 3.55. The van der Waals surface area contributed by atoms with Crippen LogP contribution < -0.4 is 0 Å². The maximum atomic E-state index is 11.6. The van der Waals surface area contributed by atoms with Crippen LogP contribution in [0.2, 0.25) is 0 Å². The average Bonchev–Trinajstić information content (AvgIpc) is 3.26. The Kier molecular flexibility index (Phi) is 3.58. The summed E-state index contributed by atoms with van der Waals surface area (Å²) in [6, 6.07) is 0. The lowest BCUT2D eigenvalue weighted by molar-refractivity contribution is -0.164. The van der Waals surface area contributed by atoms with E-state index in [2.05, 4.69) is 19.9 Å². The van der Waals surface area contributed by atoms with Crippen molar-refractivity contribution in [2.45, 2.75) is 64.4 Å². The van der Waals surface area contributed by atoms with Crippen LogP contribution in [-0.4, -0.2) is 31.5 Å². The summed E-state index contributed by atoms with van der Waals surface area (Å²) in [5, 5.41) is 11.6. The van der Waals surface area contributed by atoms with Gasteiger partial charge in [-0.05, 0) is 73.7 Å². The van der Waals surface area contributed by atoms with Crippen molar-refractivity contribution in [1.29, 1.82) is 0 Å². The third-order valence-corrected chi connectivity index (χ3v) is 9.44. The fourth-order valence-electron chi connectivity index (χ4n) is 8.37. The smallest absolute Gasteiger partial charge is 0.0959 e. The molecule has 3 nitrogen and oxygen atoms in total. The van der Waals surface area contributed by atoms with Crippen molar-refractivity contribution in [3.63, 3.8) is 0 Å². The molecule has 0 aromatic heterocycles. The van der Waals surface area contributed by atoms with Crippen LogP contribution in [-0.2, 0) is 9.47 Å². The van der Waals surface area contributed by atoms with Crippen molar-refractivity contribution in [2.24, 2.45) is 34.5 Å². The van der Waals surface area contributed by atoms with Crippen LogP contribution in [0.5, 0.6) is 0 Å². The molecule has 5 aliphatic rings. The highest BCUT2D eigenvalue weighted by molar-refractivity contribution is 5.38. The first-order chi connectivity index (χ1) is 12.4. The lowest BCUT2D eigenvalue weighted by atomic mass is 9.47. The Balaban J connectivity index is 1.52. The standard InChI is InChI=1S/C23H34O3/c1-14-9-15-10-17(26-4)5-6-18(15)19-7-8-21(2)22(24,13-25-3)11-16-12-23(16,21)20(14)19/h5,14,16,19-20,24H,6-13H2,1-4H3/t14-,16-,19-,20-,21-,22-,23-/m1/s1. The fraction of sp³-hybridized carbons (Fsp3) is 0.826. The van der Waals surface area contributed by atoms with E-state index in [1.807, 2.05) is 0 Å². The highest BCUT2D eigenvalue weighted by Crippen LogP contribution is 2.84. The Labute approximate surface area is 157 Å². The predicted molar refractivity (Wildman–Crippen MR) is 101 cm³/mol. The van der Waals surface area contributed by atoms with E-state index >= 15 is 0 Å². The number of fused-ring (bicyclic) bond motifs is 2. The highest BCUT2D eigenvalue weighted by atomic mass is 16.5. The van der Waals surface area contributed by atoms with E-state index < -0.39 is 5.60 Å². The first-order valence-corrected chi connectivity index (χ1v) is 10.6. The number of ether oxygens (including phenoxy) is 2. The predicted octanol–water partition coefficient (Wildman–Crippen LogP) is 4.47. The largest absolute Gasteiger partial charge is 0.501 e. The summed E-state index contributed by atoms with van der Waals surface area (Å²) in [5.41, 5.74) is 3.15. The van der Waals surface area contributed by atoms with Crippen molar-refractivity contribution in [2.75, 3.05) is 20.8 Å². The second-order valence-corrected chi connectivity index (χ2v) is 10.2. The van der Waals surface area contributed by atoms with Gasteiger partial charge in [-0.1, -0.05) is 25.0 Å². The Morgan fingerprint density at radius 2 is 2.08 bits per heavy atom. The van der Waals surface area contributed by atoms with Gasteiger partial charge in [-0.25, -0.2) is 0 Å². The molecule has 0 saturated heterocycles. The summed E-state index contributed by atoms with van der Waals surface area (Å²) in [4.78, 5) is 0. The molecule has 1 N–H and O–H groups in total. The van der Waals surface area contributed by atoms with E-state index in [1.165, 1.54) is 19.3 Å². The third-order valence-electron chi connectivity index (χ3n) is 9.44. The molecule has 0 heterocycles. The Hall–Kier alpha value is -0.800. The molecule has 0 unspecified atom stereocenters. The molecule has 3 saturated carbocycles. The van der Waals surface area contributed by atoms with Gasteiger partial charge in [-0.15, -0.1) is 0 Å². The van der Waals surface area contributed by atoms with Gasteiger partial charge in [-0.3, -0.25) is 0 Å². The molecule has 5 aliphatic carbocycles. The molecule has 0 aromatic rings. The molecule has 3 fully saturated rings. The third kappa shape index (κ3) is 1.87. The zero-order valence-corrected chi connectivity index (χ0v) is 16.8. The molecule has 0 amide bonds. The summed E-state index contributed by atoms with van der Waals surface area (Å²) in [6.07, 6.45) is 10.3. The van der Waals surface area contributed by atoms with Gasteiger partial charge in [0, 0.05) is 18.9 Å². The summed E-state index contributed by atoms with van der Waals surface area (Å²) >= 11 is 0. The van der Waals surface area contributed by atoms with Gasteiger partial charge < -0.3 is 14.6 Å².